The first kappa shape index (κ1) is 21.3. The van der Waals surface area contributed by atoms with Gasteiger partial charge in [-0.3, -0.25) is 9.78 Å². The van der Waals surface area contributed by atoms with Crippen LogP contribution in [-0.2, 0) is 14.8 Å². The summed E-state index contributed by atoms with van der Waals surface area (Å²) in [6.45, 7) is 0.563. The molecule has 162 valence electrons. The number of anilines is 1. The normalized spacial score (nSPS) is 15.5. The summed E-state index contributed by atoms with van der Waals surface area (Å²) in [6, 6.07) is 9.98. The number of aromatic nitrogens is 3. The number of methoxy groups -OCH3 is 1. The number of carbonyl (C=O) groups excluding carboxylic acids is 1. The molecule has 1 aliphatic rings. The third kappa shape index (κ3) is 4.73. The van der Waals surface area contributed by atoms with E-state index in [9.17, 15) is 13.2 Å². The molecule has 0 unspecified atom stereocenters. The van der Waals surface area contributed by atoms with Gasteiger partial charge in [0.1, 0.15) is 5.75 Å². The van der Waals surface area contributed by atoms with Crippen LogP contribution in [0, 0.1) is 5.92 Å². The molecule has 1 aliphatic heterocycles. The van der Waals surface area contributed by atoms with Crippen LogP contribution in [0.4, 0.5) is 5.13 Å². The quantitative estimate of drug-likeness (QED) is 0.603. The van der Waals surface area contributed by atoms with Crippen LogP contribution in [0.15, 0.2) is 53.7 Å². The number of piperidine rings is 1. The summed E-state index contributed by atoms with van der Waals surface area (Å²) in [5, 5.41) is 12.0. The summed E-state index contributed by atoms with van der Waals surface area (Å²) in [5.74, 6) is 0.140. The smallest absolute Gasteiger partial charge is 0.243 e. The average Bonchev–Trinajstić information content (AvgIpc) is 3.28. The maximum atomic E-state index is 12.9. The minimum absolute atomic E-state index is 0.171. The molecule has 31 heavy (non-hydrogen) atoms. The number of pyridine rings is 1. The predicted molar refractivity (Wildman–Crippen MR) is 116 cm³/mol. The van der Waals surface area contributed by atoms with Gasteiger partial charge in [0, 0.05) is 37.0 Å². The Hall–Kier alpha value is -2.89. The number of benzene rings is 1. The van der Waals surface area contributed by atoms with Crippen molar-refractivity contribution in [3.8, 4) is 16.3 Å². The molecule has 0 saturated carbocycles. The molecule has 3 heterocycles. The Kier molecular flexibility index (Phi) is 6.25. The van der Waals surface area contributed by atoms with Gasteiger partial charge in [-0.15, -0.1) is 10.2 Å². The molecule has 0 atom stereocenters. The number of carbonyl (C=O) groups is 1. The largest absolute Gasteiger partial charge is 0.497 e. The molecule has 9 nitrogen and oxygen atoms in total. The molecule has 0 spiro atoms. The van der Waals surface area contributed by atoms with Crippen molar-refractivity contribution in [3.63, 3.8) is 0 Å². The highest BCUT2D eigenvalue weighted by molar-refractivity contribution is 7.89. The molecule has 11 heteroatoms. The van der Waals surface area contributed by atoms with Crippen LogP contribution >= 0.6 is 11.3 Å². The first-order chi connectivity index (χ1) is 15.0. The molecule has 1 amide bonds. The van der Waals surface area contributed by atoms with Gasteiger partial charge in [-0.1, -0.05) is 11.3 Å². The fourth-order valence-corrected chi connectivity index (χ4v) is 5.55. The standard InChI is InChI=1S/C20H21N5O4S2/c1-29-16-4-6-17(7-5-16)31(27,28)25-11-8-14(9-12-25)18(26)22-20-24-23-19(30-20)15-3-2-10-21-13-15/h2-7,10,13-14H,8-9,11-12H2,1H3,(H,22,24,26). The zero-order chi connectivity index (χ0) is 21.8. The van der Waals surface area contributed by atoms with Gasteiger partial charge in [-0.25, -0.2) is 8.42 Å². The van der Waals surface area contributed by atoms with Gasteiger partial charge >= 0.3 is 0 Å². The number of hydrogen-bond acceptors (Lipinski definition) is 8. The van der Waals surface area contributed by atoms with E-state index in [4.69, 9.17) is 4.74 Å². The van der Waals surface area contributed by atoms with Crippen molar-refractivity contribution < 1.29 is 17.9 Å². The monoisotopic (exact) mass is 459 g/mol. The molecule has 2 aromatic heterocycles. The lowest BCUT2D eigenvalue weighted by Crippen LogP contribution is -2.41. The second kappa shape index (κ2) is 9.08. The van der Waals surface area contributed by atoms with E-state index in [1.165, 1.54) is 34.9 Å². The maximum Gasteiger partial charge on any atom is 0.243 e. The van der Waals surface area contributed by atoms with Crippen LogP contribution in [0.3, 0.4) is 0 Å². The second-order valence-electron chi connectivity index (χ2n) is 7.00. The zero-order valence-electron chi connectivity index (χ0n) is 16.8. The van der Waals surface area contributed by atoms with Gasteiger partial charge in [0.25, 0.3) is 0 Å². The Morgan fingerprint density at radius 1 is 1.16 bits per heavy atom. The van der Waals surface area contributed by atoms with Crippen LogP contribution in [0.2, 0.25) is 0 Å². The van der Waals surface area contributed by atoms with E-state index in [0.29, 0.717) is 28.7 Å². The third-order valence-corrected chi connectivity index (χ3v) is 7.89. The fourth-order valence-electron chi connectivity index (χ4n) is 3.34. The van der Waals surface area contributed by atoms with E-state index >= 15 is 0 Å². The molecule has 1 N–H and O–H groups in total. The molecule has 3 aromatic rings. The highest BCUT2D eigenvalue weighted by Crippen LogP contribution is 2.28. The maximum absolute atomic E-state index is 12.9. The van der Waals surface area contributed by atoms with E-state index in [0.717, 1.165) is 5.56 Å². The molecule has 0 bridgehead atoms. The number of rotatable bonds is 6. The van der Waals surface area contributed by atoms with Gasteiger partial charge in [0.2, 0.25) is 21.1 Å². The fraction of sp³-hybridized carbons (Fsp3) is 0.300. The van der Waals surface area contributed by atoms with Crippen LogP contribution in [0.25, 0.3) is 10.6 Å². The Morgan fingerprint density at radius 2 is 1.90 bits per heavy atom. The molecule has 1 aromatic carbocycles. The van der Waals surface area contributed by atoms with Gasteiger partial charge in [0.05, 0.1) is 12.0 Å². The van der Waals surface area contributed by atoms with Gasteiger partial charge in [-0.2, -0.15) is 4.31 Å². The number of ether oxygens (including phenoxy) is 1. The number of amides is 1. The summed E-state index contributed by atoms with van der Waals surface area (Å²) in [7, 11) is -2.07. The van der Waals surface area contributed by atoms with E-state index in [-0.39, 0.29) is 29.8 Å². The van der Waals surface area contributed by atoms with E-state index in [1.807, 2.05) is 12.1 Å². The molecule has 0 aliphatic carbocycles. The molecule has 0 radical (unpaired) electrons. The molecule has 1 saturated heterocycles. The number of nitrogens with one attached hydrogen (secondary N) is 1. The first-order valence-corrected chi connectivity index (χ1v) is 11.9. The zero-order valence-corrected chi connectivity index (χ0v) is 18.4. The first-order valence-electron chi connectivity index (χ1n) is 9.66. The summed E-state index contributed by atoms with van der Waals surface area (Å²) in [5.41, 5.74) is 0.831. The predicted octanol–water partition coefficient (Wildman–Crippen LogP) is 2.65. The van der Waals surface area contributed by atoms with Crippen molar-refractivity contribution in [3.05, 3.63) is 48.8 Å². The van der Waals surface area contributed by atoms with Crippen LogP contribution in [-0.4, -0.2) is 54.0 Å². The van der Waals surface area contributed by atoms with E-state index < -0.39 is 10.0 Å². The van der Waals surface area contributed by atoms with Crippen LogP contribution in [0.5, 0.6) is 5.75 Å². The van der Waals surface area contributed by atoms with Crippen molar-refractivity contribution in [2.45, 2.75) is 17.7 Å². The summed E-state index contributed by atoms with van der Waals surface area (Å²) in [4.78, 5) is 16.9. The number of hydrogen-bond donors (Lipinski definition) is 1. The minimum atomic E-state index is -3.60. The topological polar surface area (TPSA) is 114 Å². The van der Waals surface area contributed by atoms with Crippen molar-refractivity contribution >= 4 is 32.4 Å². The van der Waals surface area contributed by atoms with E-state index in [2.05, 4.69) is 20.5 Å². The van der Waals surface area contributed by atoms with Gasteiger partial charge < -0.3 is 10.1 Å². The number of sulfonamides is 1. The SMILES string of the molecule is COc1ccc(S(=O)(=O)N2CCC(C(=O)Nc3nnc(-c4cccnc4)s3)CC2)cc1. The molecule has 1 fully saturated rings. The Labute approximate surface area is 184 Å². The lowest BCUT2D eigenvalue weighted by Gasteiger charge is -2.30. The van der Waals surface area contributed by atoms with E-state index in [1.54, 1.807) is 24.5 Å². The van der Waals surface area contributed by atoms with Crippen LogP contribution < -0.4 is 10.1 Å². The molecular weight excluding hydrogens is 438 g/mol. The van der Waals surface area contributed by atoms with Crippen molar-refractivity contribution in [1.29, 1.82) is 0 Å². The van der Waals surface area contributed by atoms with Crippen LogP contribution in [0.1, 0.15) is 12.8 Å². The second-order valence-corrected chi connectivity index (χ2v) is 9.91. The summed E-state index contributed by atoms with van der Waals surface area (Å²) < 4.78 is 32.2. The lowest BCUT2D eigenvalue weighted by molar-refractivity contribution is -0.120. The molecular formula is C20H21N5O4S2. The third-order valence-electron chi connectivity index (χ3n) is 5.09. The van der Waals surface area contributed by atoms with Crippen molar-refractivity contribution in [1.82, 2.24) is 19.5 Å². The minimum Gasteiger partial charge on any atom is -0.497 e. The lowest BCUT2D eigenvalue weighted by atomic mass is 9.97. The van der Waals surface area contributed by atoms with Gasteiger partial charge in [0.15, 0.2) is 5.01 Å². The summed E-state index contributed by atoms with van der Waals surface area (Å²) >= 11 is 1.27. The molecule has 4 rings (SSSR count). The van der Waals surface area contributed by atoms with Crippen molar-refractivity contribution in [2.24, 2.45) is 5.92 Å². The number of nitrogens with zero attached hydrogens (tertiary/aromatic N) is 4. The summed E-state index contributed by atoms with van der Waals surface area (Å²) in [6.07, 6.45) is 4.24. The Balaban J connectivity index is 1.35. The Morgan fingerprint density at radius 3 is 2.55 bits per heavy atom. The van der Waals surface area contributed by atoms with Gasteiger partial charge in [-0.05, 0) is 49.2 Å². The average molecular weight is 460 g/mol. The highest BCUT2D eigenvalue weighted by atomic mass is 32.2. The highest BCUT2D eigenvalue weighted by Gasteiger charge is 2.32. The Bertz CT molecular complexity index is 1140. The van der Waals surface area contributed by atoms with Crippen molar-refractivity contribution in [2.75, 3.05) is 25.5 Å².